The van der Waals surface area contributed by atoms with E-state index in [1.54, 1.807) is 6.07 Å². The van der Waals surface area contributed by atoms with Gasteiger partial charge in [-0.05, 0) is 38.1 Å². The molecule has 3 nitrogen and oxygen atoms in total. The van der Waals surface area contributed by atoms with Crippen molar-refractivity contribution in [2.45, 2.75) is 18.9 Å². The second kappa shape index (κ2) is 5.15. The molecule has 2 rings (SSSR count). The Bertz CT molecular complexity index is 434. The highest BCUT2D eigenvalue weighted by atomic mass is 19.1. The molecule has 17 heavy (non-hydrogen) atoms. The van der Waals surface area contributed by atoms with Crippen LogP contribution in [0.5, 0.6) is 5.75 Å². The van der Waals surface area contributed by atoms with Gasteiger partial charge in [0.1, 0.15) is 6.10 Å². The maximum Gasteiger partial charge on any atom is 0.166 e. The molecular formula is C13H15FN2O. The Morgan fingerprint density at radius 1 is 1.41 bits per heavy atom. The van der Waals surface area contributed by atoms with Crippen molar-refractivity contribution in [3.05, 3.63) is 29.6 Å². The fourth-order valence-corrected chi connectivity index (χ4v) is 1.95. The third-order valence-corrected chi connectivity index (χ3v) is 3.02. The first-order chi connectivity index (χ1) is 8.19. The van der Waals surface area contributed by atoms with Crippen LogP contribution in [0.1, 0.15) is 18.4 Å². The van der Waals surface area contributed by atoms with Gasteiger partial charge in [0.05, 0.1) is 11.6 Å². The molecule has 0 saturated carbocycles. The minimum Gasteiger partial charge on any atom is -0.487 e. The molecule has 4 heteroatoms. The second-order valence-electron chi connectivity index (χ2n) is 4.38. The van der Waals surface area contributed by atoms with Crippen LogP contribution < -0.4 is 4.74 Å². The average molecular weight is 234 g/mol. The lowest BCUT2D eigenvalue weighted by Crippen LogP contribution is -2.35. The Balaban J connectivity index is 2.02. The van der Waals surface area contributed by atoms with E-state index in [2.05, 4.69) is 11.9 Å². The van der Waals surface area contributed by atoms with Crippen LogP contribution in [0.3, 0.4) is 0 Å². The predicted octanol–water partition coefficient (Wildman–Crippen LogP) is 2.17. The van der Waals surface area contributed by atoms with E-state index >= 15 is 0 Å². The van der Waals surface area contributed by atoms with Gasteiger partial charge in [0, 0.05) is 13.1 Å². The number of likely N-dealkylation sites (tertiary alicyclic amines) is 1. The molecule has 1 aliphatic rings. The molecule has 0 aromatic heterocycles. The molecule has 0 unspecified atom stereocenters. The van der Waals surface area contributed by atoms with E-state index in [9.17, 15) is 4.39 Å². The van der Waals surface area contributed by atoms with Gasteiger partial charge in [0.15, 0.2) is 11.6 Å². The molecule has 1 fully saturated rings. The zero-order valence-electron chi connectivity index (χ0n) is 9.82. The van der Waals surface area contributed by atoms with E-state index in [1.165, 1.54) is 12.1 Å². The van der Waals surface area contributed by atoms with Crippen molar-refractivity contribution in [2.24, 2.45) is 0 Å². The Morgan fingerprint density at radius 2 is 2.12 bits per heavy atom. The highest BCUT2D eigenvalue weighted by molar-refractivity contribution is 5.36. The van der Waals surface area contributed by atoms with Crippen LogP contribution in [0, 0.1) is 17.1 Å². The summed E-state index contributed by atoms with van der Waals surface area (Å²) in [6, 6.07) is 6.23. The third kappa shape index (κ3) is 2.95. The van der Waals surface area contributed by atoms with Crippen LogP contribution in [0.2, 0.25) is 0 Å². The summed E-state index contributed by atoms with van der Waals surface area (Å²) in [7, 11) is 2.07. The number of rotatable bonds is 2. The molecule has 0 N–H and O–H groups in total. The first-order valence-electron chi connectivity index (χ1n) is 5.74. The quantitative estimate of drug-likeness (QED) is 0.786. The van der Waals surface area contributed by atoms with Gasteiger partial charge >= 0.3 is 0 Å². The maximum atomic E-state index is 13.6. The summed E-state index contributed by atoms with van der Waals surface area (Å²) in [5.41, 5.74) is 0.318. The molecule has 1 saturated heterocycles. The average Bonchev–Trinajstić information content (AvgIpc) is 2.34. The molecule has 0 aliphatic carbocycles. The SMILES string of the molecule is CN1CCC(Oc2ccc(C#N)cc2F)CC1. The third-order valence-electron chi connectivity index (χ3n) is 3.02. The smallest absolute Gasteiger partial charge is 0.166 e. The fourth-order valence-electron chi connectivity index (χ4n) is 1.95. The molecule has 0 radical (unpaired) electrons. The Hall–Kier alpha value is -1.60. The maximum absolute atomic E-state index is 13.6. The standard InChI is InChI=1S/C13H15FN2O/c1-16-6-4-11(5-7-16)17-13-3-2-10(9-15)8-12(13)14/h2-3,8,11H,4-7H2,1H3. The Kier molecular flexibility index (Phi) is 3.60. The van der Waals surface area contributed by atoms with E-state index in [-0.39, 0.29) is 11.9 Å². The van der Waals surface area contributed by atoms with Gasteiger partial charge in [-0.3, -0.25) is 0 Å². The van der Waals surface area contributed by atoms with Crippen molar-refractivity contribution in [1.29, 1.82) is 5.26 Å². The van der Waals surface area contributed by atoms with Crippen molar-refractivity contribution >= 4 is 0 Å². The molecule has 0 bridgehead atoms. The number of ether oxygens (including phenoxy) is 1. The van der Waals surface area contributed by atoms with Crippen LogP contribution in [-0.4, -0.2) is 31.1 Å². The van der Waals surface area contributed by atoms with Gasteiger partial charge in [-0.2, -0.15) is 5.26 Å². The summed E-state index contributed by atoms with van der Waals surface area (Å²) >= 11 is 0. The molecule has 0 spiro atoms. The van der Waals surface area contributed by atoms with Gasteiger partial charge in [-0.25, -0.2) is 4.39 Å². The fraction of sp³-hybridized carbons (Fsp3) is 0.462. The molecule has 0 amide bonds. The molecule has 90 valence electrons. The monoisotopic (exact) mass is 234 g/mol. The normalized spacial score (nSPS) is 17.7. The van der Waals surface area contributed by atoms with Gasteiger partial charge in [-0.15, -0.1) is 0 Å². The van der Waals surface area contributed by atoms with Crippen LogP contribution >= 0.6 is 0 Å². The Morgan fingerprint density at radius 3 is 2.71 bits per heavy atom. The van der Waals surface area contributed by atoms with Crippen LogP contribution in [0.15, 0.2) is 18.2 Å². The zero-order chi connectivity index (χ0) is 12.3. The number of benzene rings is 1. The molecule has 1 aliphatic heterocycles. The highest BCUT2D eigenvalue weighted by Gasteiger charge is 2.19. The highest BCUT2D eigenvalue weighted by Crippen LogP contribution is 2.22. The minimum absolute atomic E-state index is 0.0774. The first-order valence-corrected chi connectivity index (χ1v) is 5.74. The summed E-state index contributed by atoms with van der Waals surface area (Å²) in [5.74, 6) is -0.207. The van der Waals surface area contributed by atoms with Crippen molar-refractivity contribution in [3.63, 3.8) is 0 Å². The van der Waals surface area contributed by atoms with E-state index in [0.717, 1.165) is 25.9 Å². The Labute approximate surface area is 100 Å². The molecule has 1 aromatic rings. The van der Waals surface area contributed by atoms with Gasteiger partial charge in [0.2, 0.25) is 0 Å². The van der Waals surface area contributed by atoms with Gasteiger partial charge < -0.3 is 9.64 Å². The number of piperidine rings is 1. The van der Waals surface area contributed by atoms with Crippen LogP contribution in [0.4, 0.5) is 4.39 Å². The van der Waals surface area contributed by atoms with Crippen molar-refractivity contribution < 1.29 is 9.13 Å². The van der Waals surface area contributed by atoms with Gasteiger partial charge in [0.25, 0.3) is 0 Å². The lowest BCUT2D eigenvalue weighted by atomic mass is 10.1. The summed E-state index contributed by atoms with van der Waals surface area (Å²) in [6.07, 6.45) is 1.90. The number of halogens is 1. The predicted molar refractivity (Wildman–Crippen MR) is 62.3 cm³/mol. The largest absolute Gasteiger partial charge is 0.487 e. The second-order valence-corrected chi connectivity index (χ2v) is 4.38. The molecule has 0 atom stereocenters. The van der Waals surface area contributed by atoms with Crippen molar-refractivity contribution in [1.82, 2.24) is 4.90 Å². The zero-order valence-corrected chi connectivity index (χ0v) is 9.82. The summed E-state index contributed by atoms with van der Waals surface area (Å²) in [4.78, 5) is 2.23. The van der Waals surface area contributed by atoms with Crippen molar-refractivity contribution in [3.8, 4) is 11.8 Å². The first kappa shape index (κ1) is 11.9. The molecule has 1 aromatic carbocycles. The minimum atomic E-state index is -0.456. The topological polar surface area (TPSA) is 36.3 Å². The lowest BCUT2D eigenvalue weighted by Gasteiger charge is -2.29. The number of hydrogen-bond donors (Lipinski definition) is 0. The van der Waals surface area contributed by atoms with Crippen LogP contribution in [-0.2, 0) is 0 Å². The molecular weight excluding hydrogens is 219 g/mol. The van der Waals surface area contributed by atoms with E-state index in [4.69, 9.17) is 10.00 Å². The summed E-state index contributed by atoms with van der Waals surface area (Å²) in [6.45, 7) is 1.95. The van der Waals surface area contributed by atoms with Crippen LogP contribution in [0.25, 0.3) is 0 Å². The number of hydrogen-bond acceptors (Lipinski definition) is 3. The van der Waals surface area contributed by atoms with Gasteiger partial charge in [-0.1, -0.05) is 0 Å². The number of nitriles is 1. The molecule has 1 heterocycles. The van der Waals surface area contributed by atoms with Crippen molar-refractivity contribution in [2.75, 3.05) is 20.1 Å². The summed E-state index contributed by atoms with van der Waals surface area (Å²) < 4.78 is 19.2. The number of nitrogens with zero attached hydrogens (tertiary/aromatic N) is 2. The van der Waals surface area contributed by atoms with E-state index < -0.39 is 5.82 Å². The summed E-state index contributed by atoms with van der Waals surface area (Å²) in [5, 5.41) is 8.64. The van der Waals surface area contributed by atoms with E-state index in [0.29, 0.717) is 5.56 Å². The van der Waals surface area contributed by atoms with E-state index in [1.807, 2.05) is 6.07 Å². The lowest BCUT2D eigenvalue weighted by molar-refractivity contribution is 0.110.